The Hall–Kier alpha value is -2.39. The molecule has 0 atom stereocenters. The minimum absolute atomic E-state index is 0.112. The lowest BCUT2D eigenvalue weighted by Gasteiger charge is -2.24. The van der Waals surface area contributed by atoms with Gasteiger partial charge >= 0.3 is 0 Å². The quantitative estimate of drug-likeness (QED) is 0.452. The van der Waals surface area contributed by atoms with Gasteiger partial charge in [0, 0.05) is 31.0 Å². The molecule has 0 saturated heterocycles. The number of ether oxygens (including phenoxy) is 1. The summed E-state index contributed by atoms with van der Waals surface area (Å²) in [6.07, 6.45) is 3.64. The van der Waals surface area contributed by atoms with E-state index < -0.39 is 0 Å². The molecule has 2 rings (SSSR count). The number of rotatable bonds is 7. The number of aliphatic imine (C=N–C) groups is 1. The molecule has 144 valence electrons. The van der Waals surface area contributed by atoms with Gasteiger partial charge in [-0.05, 0) is 49.9 Å². The molecular weight excluding hydrogens is 356 g/mol. The van der Waals surface area contributed by atoms with E-state index in [1.807, 2.05) is 45.0 Å². The molecule has 0 bridgehead atoms. The van der Waals surface area contributed by atoms with E-state index in [9.17, 15) is 5.26 Å². The van der Waals surface area contributed by atoms with Crippen molar-refractivity contribution in [2.24, 2.45) is 4.99 Å². The van der Waals surface area contributed by atoms with Crippen molar-refractivity contribution in [3.63, 3.8) is 0 Å². The van der Waals surface area contributed by atoms with E-state index in [0.717, 1.165) is 41.1 Å². The maximum absolute atomic E-state index is 9.72. The van der Waals surface area contributed by atoms with E-state index in [1.54, 1.807) is 6.34 Å². The molecule has 0 spiro atoms. The van der Waals surface area contributed by atoms with Crippen LogP contribution in [-0.4, -0.2) is 29.7 Å². The average Bonchev–Trinajstić information content (AvgIpc) is 3.05. The van der Waals surface area contributed by atoms with Gasteiger partial charge in [0.1, 0.15) is 17.4 Å². The van der Waals surface area contributed by atoms with E-state index >= 15 is 0 Å². The molecule has 27 heavy (non-hydrogen) atoms. The van der Waals surface area contributed by atoms with Crippen LogP contribution in [-0.2, 0) is 5.41 Å². The summed E-state index contributed by atoms with van der Waals surface area (Å²) in [4.78, 5) is 6.39. The fourth-order valence-corrected chi connectivity index (χ4v) is 3.59. The summed E-state index contributed by atoms with van der Waals surface area (Å²) in [5.41, 5.74) is 4.18. The van der Waals surface area contributed by atoms with Crippen molar-refractivity contribution in [2.45, 2.75) is 52.9 Å². The number of aryl methyl sites for hydroxylation is 2. The van der Waals surface area contributed by atoms with Gasteiger partial charge in [0.25, 0.3) is 0 Å². The van der Waals surface area contributed by atoms with Crippen LogP contribution in [0.3, 0.4) is 0 Å². The van der Waals surface area contributed by atoms with Crippen molar-refractivity contribution in [3.8, 4) is 16.9 Å². The smallest absolute Gasteiger partial charge is 0.218 e. The summed E-state index contributed by atoms with van der Waals surface area (Å²) >= 11 is 1.26. The van der Waals surface area contributed by atoms with Crippen LogP contribution in [0.1, 0.15) is 56.0 Å². The SMILES string of the molecule is CCC(C)(CC)c1nsc(Oc2cc(C)c(N=CN(C)C)cc2C)c1C#N. The number of nitrogens with zero attached hydrogens (tertiary/aromatic N) is 4. The Labute approximate surface area is 166 Å². The minimum Gasteiger partial charge on any atom is -0.443 e. The highest BCUT2D eigenvalue weighted by molar-refractivity contribution is 7.08. The lowest BCUT2D eigenvalue weighted by atomic mass is 9.80. The zero-order valence-corrected chi connectivity index (χ0v) is 18.1. The summed E-state index contributed by atoms with van der Waals surface area (Å²) < 4.78 is 10.7. The van der Waals surface area contributed by atoms with E-state index in [-0.39, 0.29) is 5.41 Å². The normalized spacial score (nSPS) is 11.6. The molecule has 0 amide bonds. The Kier molecular flexibility index (Phi) is 6.61. The van der Waals surface area contributed by atoms with E-state index in [0.29, 0.717) is 10.6 Å². The molecule has 0 aliphatic carbocycles. The molecule has 0 radical (unpaired) electrons. The van der Waals surface area contributed by atoms with Gasteiger partial charge < -0.3 is 9.64 Å². The number of benzene rings is 1. The second-order valence-electron chi connectivity index (χ2n) is 7.29. The third-order valence-electron chi connectivity index (χ3n) is 5.03. The molecule has 0 unspecified atom stereocenters. The predicted octanol–water partition coefficient (Wildman–Crippen LogP) is 5.72. The lowest BCUT2D eigenvalue weighted by Crippen LogP contribution is -2.21. The second-order valence-corrected chi connectivity index (χ2v) is 8.02. The third kappa shape index (κ3) is 4.48. The number of hydrogen-bond donors (Lipinski definition) is 0. The first-order valence-electron chi connectivity index (χ1n) is 9.15. The van der Waals surface area contributed by atoms with Crippen LogP contribution in [0.25, 0.3) is 0 Å². The van der Waals surface area contributed by atoms with Crippen molar-refractivity contribution < 1.29 is 4.74 Å². The lowest BCUT2D eigenvalue weighted by molar-refractivity contribution is 0.426. The van der Waals surface area contributed by atoms with Gasteiger partial charge in [-0.15, -0.1) is 0 Å². The van der Waals surface area contributed by atoms with Crippen molar-refractivity contribution >= 4 is 23.6 Å². The van der Waals surface area contributed by atoms with Crippen LogP contribution >= 0.6 is 11.5 Å². The largest absolute Gasteiger partial charge is 0.443 e. The maximum atomic E-state index is 9.72. The van der Waals surface area contributed by atoms with E-state index in [4.69, 9.17) is 4.74 Å². The molecule has 0 saturated carbocycles. The van der Waals surface area contributed by atoms with Gasteiger partial charge in [-0.25, -0.2) is 4.99 Å². The second kappa shape index (κ2) is 8.53. The van der Waals surface area contributed by atoms with Crippen LogP contribution < -0.4 is 4.74 Å². The molecule has 0 aliphatic rings. The Balaban J connectivity index is 2.40. The number of hydrogen-bond acceptors (Lipinski definition) is 5. The van der Waals surface area contributed by atoms with Gasteiger partial charge in [-0.1, -0.05) is 20.8 Å². The van der Waals surface area contributed by atoms with Gasteiger partial charge in [0.05, 0.1) is 17.7 Å². The molecule has 6 heteroatoms. The molecule has 5 nitrogen and oxygen atoms in total. The first-order valence-corrected chi connectivity index (χ1v) is 9.93. The minimum atomic E-state index is -0.112. The van der Waals surface area contributed by atoms with Crippen LogP contribution in [0.4, 0.5) is 5.69 Å². The topological polar surface area (TPSA) is 61.5 Å². The van der Waals surface area contributed by atoms with Gasteiger partial charge in [0.15, 0.2) is 0 Å². The molecular formula is C21H28N4OS. The van der Waals surface area contributed by atoms with Crippen LogP contribution in [0.2, 0.25) is 0 Å². The predicted molar refractivity (Wildman–Crippen MR) is 113 cm³/mol. The fraction of sp³-hybridized carbons (Fsp3) is 0.476. The number of nitriles is 1. The Bertz CT molecular complexity index is 873. The zero-order chi connectivity index (χ0) is 20.2. The molecule has 2 aromatic rings. The molecule has 0 aliphatic heterocycles. The fourth-order valence-electron chi connectivity index (χ4n) is 2.74. The zero-order valence-electron chi connectivity index (χ0n) is 17.3. The summed E-state index contributed by atoms with van der Waals surface area (Å²) in [7, 11) is 3.88. The Morgan fingerprint density at radius 3 is 2.48 bits per heavy atom. The van der Waals surface area contributed by atoms with E-state index in [2.05, 4.69) is 36.2 Å². The first-order chi connectivity index (χ1) is 12.8. The summed E-state index contributed by atoms with van der Waals surface area (Å²) in [6.45, 7) is 10.4. The molecule has 1 aromatic heterocycles. The van der Waals surface area contributed by atoms with Gasteiger partial charge in [-0.3, -0.25) is 0 Å². The highest BCUT2D eigenvalue weighted by atomic mass is 32.1. The van der Waals surface area contributed by atoms with Crippen LogP contribution in [0.15, 0.2) is 17.1 Å². The highest BCUT2D eigenvalue weighted by Crippen LogP contribution is 2.41. The van der Waals surface area contributed by atoms with Crippen molar-refractivity contribution in [1.82, 2.24) is 9.27 Å². The number of aromatic nitrogens is 1. The van der Waals surface area contributed by atoms with Crippen molar-refractivity contribution in [2.75, 3.05) is 14.1 Å². The van der Waals surface area contributed by atoms with Gasteiger partial charge in [-0.2, -0.15) is 9.64 Å². The van der Waals surface area contributed by atoms with E-state index in [1.165, 1.54) is 11.5 Å². The molecule has 0 N–H and O–H groups in total. The summed E-state index contributed by atoms with van der Waals surface area (Å²) in [6, 6.07) is 6.28. The molecule has 0 fully saturated rings. The van der Waals surface area contributed by atoms with Crippen molar-refractivity contribution in [1.29, 1.82) is 5.26 Å². The Morgan fingerprint density at radius 2 is 1.93 bits per heavy atom. The maximum Gasteiger partial charge on any atom is 0.218 e. The van der Waals surface area contributed by atoms with Crippen molar-refractivity contribution in [3.05, 3.63) is 34.5 Å². The van der Waals surface area contributed by atoms with Crippen LogP contribution in [0, 0.1) is 25.2 Å². The Morgan fingerprint density at radius 1 is 1.26 bits per heavy atom. The highest BCUT2D eigenvalue weighted by Gasteiger charge is 2.31. The molecule has 1 aromatic carbocycles. The summed E-state index contributed by atoms with van der Waals surface area (Å²) in [5.74, 6) is 0.734. The standard InChI is InChI=1S/C21H28N4OS/c1-8-21(5,9-2)19-16(12-22)20(27-24-19)26-18-11-14(3)17(10-15(18)4)23-13-25(6)7/h10-11,13H,8-9H2,1-7H3. The third-order valence-corrected chi connectivity index (χ3v) is 5.76. The van der Waals surface area contributed by atoms with Crippen LogP contribution in [0.5, 0.6) is 10.8 Å². The molecule has 1 heterocycles. The summed E-state index contributed by atoms with van der Waals surface area (Å²) in [5, 5.41) is 10.3. The monoisotopic (exact) mass is 384 g/mol. The first kappa shape index (κ1) is 20.9. The average molecular weight is 385 g/mol. The van der Waals surface area contributed by atoms with Gasteiger partial charge in [0.2, 0.25) is 5.06 Å².